The van der Waals surface area contributed by atoms with Crippen molar-refractivity contribution in [1.29, 1.82) is 0 Å². The quantitative estimate of drug-likeness (QED) is 0.761. The monoisotopic (exact) mass is 364 g/mol. The molecule has 7 heteroatoms. The van der Waals surface area contributed by atoms with Crippen LogP contribution >= 0.6 is 0 Å². The molecule has 0 fully saturated rings. The lowest BCUT2D eigenvalue weighted by Gasteiger charge is -2.21. The third-order valence-electron chi connectivity index (χ3n) is 3.79. The van der Waals surface area contributed by atoms with E-state index in [0.29, 0.717) is 11.8 Å². The first-order chi connectivity index (χ1) is 12.2. The van der Waals surface area contributed by atoms with Gasteiger partial charge in [0.2, 0.25) is 5.91 Å². The minimum atomic E-state index is -4.93. The number of hydrogen-bond donors (Lipinski definition) is 2. The van der Waals surface area contributed by atoms with Crippen LogP contribution in [0.5, 0.6) is 0 Å². The predicted molar refractivity (Wildman–Crippen MR) is 94.5 cm³/mol. The van der Waals surface area contributed by atoms with Gasteiger partial charge in [-0.05, 0) is 17.4 Å². The summed E-state index contributed by atoms with van der Waals surface area (Å²) >= 11 is 0. The van der Waals surface area contributed by atoms with Crippen LogP contribution in [0.4, 0.5) is 18.9 Å². The Kier molecular flexibility index (Phi) is 6.02. The molecule has 1 unspecified atom stereocenters. The van der Waals surface area contributed by atoms with Crippen molar-refractivity contribution in [3.8, 4) is 0 Å². The van der Waals surface area contributed by atoms with E-state index in [1.807, 2.05) is 30.3 Å². The van der Waals surface area contributed by atoms with E-state index >= 15 is 0 Å². The van der Waals surface area contributed by atoms with Crippen molar-refractivity contribution in [3.63, 3.8) is 0 Å². The van der Waals surface area contributed by atoms with Crippen molar-refractivity contribution in [2.24, 2.45) is 5.92 Å². The first kappa shape index (κ1) is 19.5. The third-order valence-corrected chi connectivity index (χ3v) is 3.79. The molecule has 4 nitrogen and oxygen atoms in total. The molecule has 2 N–H and O–H groups in total. The van der Waals surface area contributed by atoms with Crippen LogP contribution in [0.15, 0.2) is 54.7 Å². The van der Waals surface area contributed by atoms with Crippen molar-refractivity contribution in [2.45, 2.75) is 26.1 Å². The van der Waals surface area contributed by atoms with Crippen molar-refractivity contribution < 1.29 is 22.8 Å². The molecule has 0 aliphatic heterocycles. The van der Waals surface area contributed by atoms with Crippen LogP contribution in [-0.4, -0.2) is 23.9 Å². The molecule has 0 aromatic heterocycles. The number of carbonyl (C=O) groups is 2. The summed E-state index contributed by atoms with van der Waals surface area (Å²) in [7, 11) is 0. The molecule has 1 amide bonds. The first-order valence-electron chi connectivity index (χ1n) is 8.02. The van der Waals surface area contributed by atoms with E-state index in [0.717, 1.165) is 17.0 Å². The normalized spacial score (nSPS) is 13.2. The maximum absolute atomic E-state index is 12.6. The molecule has 0 spiro atoms. The van der Waals surface area contributed by atoms with Crippen LogP contribution in [0.2, 0.25) is 0 Å². The maximum atomic E-state index is 12.6. The van der Waals surface area contributed by atoms with Gasteiger partial charge in [-0.25, -0.2) is 0 Å². The van der Waals surface area contributed by atoms with Gasteiger partial charge in [-0.3, -0.25) is 9.59 Å². The van der Waals surface area contributed by atoms with Crippen LogP contribution in [0.1, 0.15) is 13.8 Å². The highest BCUT2D eigenvalue weighted by atomic mass is 19.4. The molecular formula is C19H19F3N2O2. The Bertz CT molecular complexity index is 824. The summed E-state index contributed by atoms with van der Waals surface area (Å²) in [5, 5.41) is 7.18. The van der Waals surface area contributed by atoms with E-state index in [1.165, 1.54) is 0 Å². The molecule has 138 valence electrons. The fraction of sp³-hybridized carbons (Fsp3) is 0.263. The van der Waals surface area contributed by atoms with Gasteiger partial charge in [0.1, 0.15) is 6.04 Å². The second-order valence-electron chi connectivity index (χ2n) is 6.10. The Morgan fingerprint density at radius 2 is 1.69 bits per heavy atom. The number of benzene rings is 2. The second kappa shape index (κ2) is 8.03. The topological polar surface area (TPSA) is 58.2 Å². The second-order valence-corrected chi connectivity index (χ2v) is 6.10. The lowest BCUT2D eigenvalue weighted by atomic mass is 10.0. The number of alkyl halides is 3. The highest BCUT2D eigenvalue weighted by Gasteiger charge is 2.36. The Morgan fingerprint density at radius 1 is 1.04 bits per heavy atom. The number of amides is 1. The summed E-state index contributed by atoms with van der Waals surface area (Å²) in [5.74, 6) is -2.60. The van der Waals surface area contributed by atoms with Crippen LogP contribution in [0.25, 0.3) is 10.8 Å². The summed E-state index contributed by atoms with van der Waals surface area (Å²) in [6.45, 7) is 3.50. The number of allylic oxidation sites excluding steroid dienone is 1. The minimum Gasteiger partial charge on any atom is -0.379 e. The number of ketones is 1. The number of hydrogen-bond acceptors (Lipinski definition) is 3. The number of anilines is 1. The standard InChI is InChI=1S/C19H19F3N2O2/c1-12(2)17(23-11-10-16(25)19(20,21)22)18(26)24-15-9-5-7-13-6-3-4-8-14(13)15/h3-12,17,23H,1-2H3,(H,24,26)/b11-10+. The SMILES string of the molecule is CC(C)C(N/C=C/C(=O)C(F)(F)F)C(=O)Nc1cccc2ccccc12. The fourth-order valence-electron chi connectivity index (χ4n) is 2.44. The Hall–Kier alpha value is -2.83. The smallest absolute Gasteiger partial charge is 0.379 e. The van der Waals surface area contributed by atoms with Gasteiger partial charge in [-0.2, -0.15) is 13.2 Å². The largest absolute Gasteiger partial charge is 0.454 e. The molecule has 0 aliphatic carbocycles. The third kappa shape index (κ3) is 4.84. The van der Waals surface area contributed by atoms with E-state index in [2.05, 4.69) is 10.6 Å². The van der Waals surface area contributed by atoms with Gasteiger partial charge in [-0.15, -0.1) is 0 Å². The number of nitrogens with one attached hydrogen (secondary N) is 2. The highest BCUT2D eigenvalue weighted by molar-refractivity contribution is 6.04. The summed E-state index contributed by atoms with van der Waals surface area (Å²) in [6, 6.07) is 12.2. The average molecular weight is 364 g/mol. The molecule has 0 aliphatic rings. The molecule has 2 aromatic rings. The first-order valence-corrected chi connectivity index (χ1v) is 8.02. The maximum Gasteiger partial charge on any atom is 0.454 e. The summed E-state index contributed by atoms with van der Waals surface area (Å²) in [5.41, 5.74) is 0.607. The van der Waals surface area contributed by atoms with Gasteiger partial charge >= 0.3 is 6.18 Å². The Labute approximate surface area is 149 Å². The van der Waals surface area contributed by atoms with Crippen molar-refractivity contribution in [3.05, 3.63) is 54.7 Å². The van der Waals surface area contributed by atoms with Crippen molar-refractivity contribution in [1.82, 2.24) is 5.32 Å². The molecule has 26 heavy (non-hydrogen) atoms. The summed E-state index contributed by atoms with van der Waals surface area (Å²) < 4.78 is 36.7. The lowest BCUT2D eigenvalue weighted by Crippen LogP contribution is -2.42. The Balaban J connectivity index is 2.13. The lowest BCUT2D eigenvalue weighted by molar-refractivity contribution is -0.165. The van der Waals surface area contributed by atoms with Gasteiger partial charge in [-0.1, -0.05) is 50.2 Å². The number of rotatable bonds is 6. The molecule has 0 bridgehead atoms. The zero-order valence-electron chi connectivity index (χ0n) is 14.3. The molecule has 0 saturated heterocycles. The summed E-state index contributed by atoms with van der Waals surface area (Å²) in [4.78, 5) is 23.4. The van der Waals surface area contributed by atoms with Gasteiger partial charge < -0.3 is 10.6 Å². The van der Waals surface area contributed by atoms with Gasteiger partial charge in [0.25, 0.3) is 5.78 Å². The summed E-state index contributed by atoms with van der Waals surface area (Å²) in [6.07, 6.45) is -3.69. The van der Waals surface area contributed by atoms with Crippen LogP contribution < -0.4 is 10.6 Å². The predicted octanol–water partition coefficient (Wildman–Crippen LogP) is 4.04. The highest BCUT2D eigenvalue weighted by Crippen LogP contribution is 2.23. The zero-order valence-corrected chi connectivity index (χ0v) is 14.3. The van der Waals surface area contributed by atoms with Crippen molar-refractivity contribution >= 4 is 28.2 Å². The van der Waals surface area contributed by atoms with Gasteiger partial charge in [0, 0.05) is 23.3 Å². The van der Waals surface area contributed by atoms with E-state index in [4.69, 9.17) is 0 Å². The van der Waals surface area contributed by atoms with E-state index in [-0.39, 0.29) is 5.92 Å². The van der Waals surface area contributed by atoms with Gasteiger partial charge in [0.05, 0.1) is 0 Å². The molecule has 1 atom stereocenters. The zero-order chi connectivity index (χ0) is 19.3. The van der Waals surface area contributed by atoms with Crippen LogP contribution in [0.3, 0.4) is 0 Å². The molecular weight excluding hydrogens is 345 g/mol. The van der Waals surface area contributed by atoms with E-state index in [9.17, 15) is 22.8 Å². The molecule has 0 heterocycles. The molecule has 2 rings (SSSR count). The fourth-order valence-corrected chi connectivity index (χ4v) is 2.44. The molecule has 2 aromatic carbocycles. The number of carbonyl (C=O) groups excluding carboxylic acids is 2. The minimum absolute atomic E-state index is 0.212. The van der Waals surface area contributed by atoms with E-state index in [1.54, 1.807) is 26.0 Å². The van der Waals surface area contributed by atoms with Gasteiger partial charge in [0.15, 0.2) is 0 Å². The van der Waals surface area contributed by atoms with E-state index < -0.39 is 23.9 Å². The van der Waals surface area contributed by atoms with Crippen molar-refractivity contribution in [2.75, 3.05) is 5.32 Å². The molecule has 0 saturated carbocycles. The molecule has 0 radical (unpaired) electrons. The number of halogens is 3. The average Bonchev–Trinajstić information content (AvgIpc) is 2.57. The number of fused-ring (bicyclic) bond motifs is 1. The van der Waals surface area contributed by atoms with Crippen LogP contribution in [-0.2, 0) is 9.59 Å². The van der Waals surface area contributed by atoms with Crippen LogP contribution in [0, 0.1) is 5.92 Å². The Morgan fingerprint density at radius 3 is 2.35 bits per heavy atom.